The van der Waals surface area contributed by atoms with Gasteiger partial charge in [-0.1, -0.05) is 34.6 Å². The number of rotatable bonds is 5. The number of aromatic nitrogens is 2. The molecule has 1 aliphatic heterocycles. The van der Waals surface area contributed by atoms with E-state index in [4.69, 9.17) is 4.84 Å². The fourth-order valence-electron chi connectivity index (χ4n) is 2.80. The first-order chi connectivity index (χ1) is 13.7. The number of hydrogen-bond acceptors (Lipinski definition) is 6. The highest BCUT2D eigenvalue weighted by Gasteiger charge is 2.38. The van der Waals surface area contributed by atoms with Gasteiger partial charge in [0.05, 0.1) is 12.1 Å². The summed E-state index contributed by atoms with van der Waals surface area (Å²) < 4.78 is 41.9. The predicted octanol–water partition coefficient (Wildman–Crippen LogP) is 3.70. The van der Waals surface area contributed by atoms with Crippen LogP contribution in [0.4, 0.5) is 13.2 Å². The Labute approximate surface area is 165 Å². The summed E-state index contributed by atoms with van der Waals surface area (Å²) in [5.74, 6) is -1.55. The van der Waals surface area contributed by atoms with E-state index in [1.165, 1.54) is 0 Å². The van der Waals surface area contributed by atoms with Crippen molar-refractivity contribution < 1.29 is 27.3 Å². The minimum Gasteiger partial charge on any atom is -0.393 e. The highest BCUT2D eigenvalue weighted by Crippen LogP contribution is 2.29. The van der Waals surface area contributed by atoms with Crippen LogP contribution in [0.25, 0.3) is 11.4 Å². The molecule has 0 aliphatic carbocycles. The topological polar surface area (TPSA) is 80.8 Å². The van der Waals surface area contributed by atoms with E-state index in [0.29, 0.717) is 31.5 Å². The Morgan fingerprint density at radius 2 is 1.90 bits per heavy atom. The van der Waals surface area contributed by atoms with Crippen LogP contribution in [0, 0.1) is 0 Å². The summed E-state index contributed by atoms with van der Waals surface area (Å²) in [5, 5.41) is 7.45. The Bertz CT molecular complexity index is 866. The van der Waals surface area contributed by atoms with Crippen molar-refractivity contribution in [3.63, 3.8) is 0 Å². The van der Waals surface area contributed by atoms with E-state index in [9.17, 15) is 18.0 Å². The van der Waals surface area contributed by atoms with Crippen molar-refractivity contribution in [2.24, 2.45) is 5.16 Å². The molecule has 10 heteroatoms. The number of oxime groups is 1. The molecule has 2 heterocycles. The summed E-state index contributed by atoms with van der Waals surface area (Å²) in [7, 11) is 0. The van der Waals surface area contributed by atoms with E-state index in [-0.39, 0.29) is 24.3 Å². The molecule has 0 N–H and O–H groups in total. The molecular weight excluding hydrogens is 389 g/mol. The molecule has 7 nitrogen and oxygen atoms in total. The molecule has 1 aromatic carbocycles. The van der Waals surface area contributed by atoms with E-state index in [2.05, 4.69) is 19.8 Å². The fourth-order valence-corrected chi connectivity index (χ4v) is 2.80. The number of hydrogen-bond donors (Lipinski definition) is 0. The molecule has 0 spiro atoms. The lowest BCUT2D eigenvalue weighted by molar-refractivity contribution is -0.159. The van der Waals surface area contributed by atoms with Crippen LogP contribution in [0.1, 0.15) is 38.1 Å². The van der Waals surface area contributed by atoms with Crippen LogP contribution in [0.3, 0.4) is 0 Å². The molecule has 1 aliphatic rings. The third-order valence-corrected chi connectivity index (χ3v) is 4.32. The molecule has 0 bridgehead atoms. The van der Waals surface area contributed by atoms with Gasteiger partial charge in [0, 0.05) is 31.5 Å². The fraction of sp³-hybridized carbons (Fsp3) is 0.474. The van der Waals surface area contributed by atoms with Crippen LogP contribution >= 0.6 is 0 Å². The molecule has 0 saturated carbocycles. The van der Waals surface area contributed by atoms with E-state index in [1.54, 1.807) is 29.2 Å². The van der Waals surface area contributed by atoms with Gasteiger partial charge in [0.2, 0.25) is 11.7 Å². The Balaban J connectivity index is 1.55. The lowest BCUT2D eigenvalue weighted by Gasteiger charge is -2.27. The number of nitrogens with zero attached hydrogens (tertiary/aromatic N) is 4. The Kier molecular flexibility index (Phi) is 6.19. The van der Waals surface area contributed by atoms with Crippen molar-refractivity contribution in [3.05, 3.63) is 35.7 Å². The van der Waals surface area contributed by atoms with E-state index < -0.39 is 12.1 Å². The number of benzene rings is 1. The summed E-state index contributed by atoms with van der Waals surface area (Å²) in [6.45, 7) is 4.98. The van der Waals surface area contributed by atoms with Gasteiger partial charge in [-0.3, -0.25) is 4.79 Å². The number of amides is 1. The summed E-state index contributed by atoms with van der Waals surface area (Å²) >= 11 is 0. The second-order valence-electron chi connectivity index (χ2n) is 6.99. The Hall–Kier alpha value is -2.91. The van der Waals surface area contributed by atoms with Gasteiger partial charge in [0.25, 0.3) is 0 Å². The van der Waals surface area contributed by atoms with Crippen molar-refractivity contribution >= 4 is 11.6 Å². The lowest BCUT2D eigenvalue weighted by atomic mass is 10.1. The molecule has 1 fully saturated rings. The molecule has 0 atom stereocenters. The molecule has 3 rings (SSSR count). The summed E-state index contributed by atoms with van der Waals surface area (Å²) in [6.07, 6.45) is -3.10. The Morgan fingerprint density at radius 3 is 2.45 bits per heavy atom. The molecule has 1 aromatic heterocycles. The number of carbonyl (C=O) groups is 1. The van der Waals surface area contributed by atoms with Crippen molar-refractivity contribution in [1.82, 2.24) is 15.0 Å². The van der Waals surface area contributed by atoms with Crippen LogP contribution in [0.2, 0.25) is 0 Å². The third-order valence-electron chi connectivity index (χ3n) is 4.32. The van der Waals surface area contributed by atoms with Crippen molar-refractivity contribution in [3.8, 4) is 11.4 Å². The van der Waals surface area contributed by atoms with Gasteiger partial charge >= 0.3 is 12.1 Å². The van der Waals surface area contributed by atoms with Gasteiger partial charge in [-0.15, -0.1) is 0 Å². The summed E-state index contributed by atoms with van der Waals surface area (Å²) in [5.41, 5.74) is 2.08. The van der Waals surface area contributed by atoms with Crippen LogP contribution in [0.5, 0.6) is 0 Å². The number of likely N-dealkylation sites (tertiary alicyclic amines) is 1. The first-order valence-electron chi connectivity index (χ1n) is 9.22. The van der Waals surface area contributed by atoms with Gasteiger partial charge in [-0.25, -0.2) is 0 Å². The number of alkyl halides is 3. The molecule has 0 unspecified atom stereocenters. The molecule has 1 saturated heterocycles. The summed E-state index contributed by atoms with van der Waals surface area (Å²) in [4.78, 5) is 22.9. The van der Waals surface area contributed by atoms with Crippen LogP contribution in [-0.2, 0) is 22.2 Å². The van der Waals surface area contributed by atoms with Gasteiger partial charge < -0.3 is 14.3 Å². The first-order valence-corrected chi connectivity index (χ1v) is 9.22. The average Bonchev–Trinajstić information content (AvgIpc) is 3.18. The van der Waals surface area contributed by atoms with Gasteiger partial charge in [0.15, 0.2) is 0 Å². The molecule has 0 radical (unpaired) electrons. The monoisotopic (exact) mass is 410 g/mol. The first kappa shape index (κ1) is 20.8. The predicted molar refractivity (Wildman–Crippen MR) is 97.9 cm³/mol. The normalized spacial score (nSPS) is 15.0. The van der Waals surface area contributed by atoms with Crippen molar-refractivity contribution in [2.75, 3.05) is 13.1 Å². The van der Waals surface area contributed by atoms with Crippen LogP contribution < -0.4 is 0 Å². The zero-order valence-electron chi connectivity index (χ0n) is 16.1. The second-order valence-corrected chi connectivity index (χ2v) is 6.99. The zero-order chi connectivity index (χ0) is 21.0. The van der Waals surface area contributed by atoms with Gasteiger partial charge in [0.1, 0.15) is 6.10 Å². The van der Waals surface area contributed by atoms with Crippen molar-refractivity contribution in [2.45, 2.75) is 45.4 Å². The molecule has 2 aromatic rings. The maximum absolute atomic E-state index is 12.6. The molecule has 1 amide bonds. The van der Waals surface area contributed by atoms with Crippen LogP contribution in [-0.4, -0.2) is 45.9 Å². The number of halogens is 3. The molecule has 156 valence electrons. The number of carbonyl (C=O) groups excluding carboxylic acids is 1. The number of piperidine rings is 1. The highest BCUT2D eigenvalue weighted by molar-refractivity contribution is 5.87. The minimum atomic E-state index is -4.68. The molecule has 29 heavy (non-hydrogen) atoms. The zero-order valence-corrected chi connectivity index (χ0v) is 16.1. The quantitative estimate of drug-likeness (QED) is 0.702. The van der Waals surface area contributed by atoms with E-state index in [1.807, 2.05) is 13.8 Å². The van der Waals surface area contributed by atoms with Crippen LogP contribution in [0.15, 0.2) is 33.9 Å². The Morgan fingerprint density at radius 1 is 1.24 bits per heavy atom. The smallest absolute Gasteiger partial charge is 0.393 e. The third kappa shape index (κ3) is 5.55. The van der Waals surface area contributed by atoms with E-state index in [0.717, 1.165) is 11.3 Å². The van der Waals surface area contributed by atoms with E-state index >= 15 is 0 Å². The highest BCUT2D eigenvalue weighted by atomic mass is 19.4. The molecular formula is C19H21F3N4O3. The lowest BCUT2D eigenvalue weighted by Crippen LogP contribution is -2.39. The average molecular weight is 410 g/mol. The SMILES string of the molecule is CC(C)ON=C1CCN(C(=O)Cc2ccc(-c3noc(C(F)(F)F)n3)cc2)CC1. The van der Waals surface area contributed by atoms with Gasteiger partial charge in [-0.2, -0.15) is 18.2 Å². The largest absolute Gasteiger partial charge is 0.471 e. The minimum absolute atomic E-state index is 0.0134. The maximum atomic E-state index is 12.6. The summed E-state index contributed by atoms with van der Waals surface area (Å²) in [6, 6.07) is 6.48. The van der Waals surface area contributed by atoms with Crippen molar-refractivity contribution in [1.29, 1.82) is 0 Å². The van der Waals surface area contributed by atoms with Gasteiger partial charge in [-0.05, 0) is 19.4 Å². The maximum Gasteiger partial charge on any atom is 0.471 e. The second kappa shape index (κ2) is 8.62. The standard InChI is InChI=1S/C19H21F3N4O3/c1-12(2)28-24-15-7-9-26(10-8-15)16(27)11-13-3-5-14(6-4-13)17-23-18(29-25-17)19(20,21)22/h3-6,12H,7-11H2,1-2H3.